The molecule has 1 heterocycles. The Balaban J connectivity index is 0.00000533. The first-order chi connectivity index (χ1) is 18.5. The quantitative estimate of drug-likeness (QED) is 0.119. The van der Waals surface area contributed by atoms with E-state index in [1.165, 1.54) is 83.5 Å². The van der Waals surface area contributed by atoms with Crippen LogP contribution in [-0.2, 0) is 16.7 Å². The molecule has 2 aromatic carbocycles. The van der Waals surface area contributed by atoms with Gasteiger partial charge in [0.2, 0.25) is 4.99 Å². The van der Waals surface area contributed by atoms with Crippen LogP contribution in [0.15, 0.2) is 54.6 Å². The Morgan fingerprint density at radius 3 is 1.67 bits per heavy atom. The average Bonchev–Trinajstić information content (AvgIpc) is 3.23. The summed E-state index contributed by atoms with van der Waals surface area (Å²) >= 11 is 0. The van der Waals surface area contributed by atoms with E-state index in [1.54, 1.807) is 4.90 Å². The van der Waals surface area contributed by atoms with Crippen LogP contribution in [0.25, 0.3) is 0 Å². The molecule has 7 heteroatoms. The van der Waals surface area contributed by atoms with Gasteiger partial charge in [0.15, 0.2) is 0 Å². The molecule has 0 radical (unpaired) electrons. The van der Waals surface area contributed by atoms with Crippen molar-refractivity contribution in [3.05, 3.63) is 60.2 Å². The number of rotatable bonds is 20. The molecule has 3 rings (SSSR count). The molecule has 5 nitrogen and oxygen atoms in total. The van der Waals surface area contributed by atoms with E-state index in [9.17, 15) is 13.0 Å². The Bertz CT molecular complexity index is 1030. The van der Waals surface area contributed by atoms with E-state index in [-0.39, 0.29) is 57.8 Å². The molecule has 39 heavy (non-hydrogen) atoms. The van der Waals surface area contributed by atoms with Crippen molar-refractivity contribution in [3.63, 3.8) is 0 Å². The van der Waals surface area contributed by atoms with E-state index < -0.39 is 15.1 Å². The van der Waals surface area contributed by atoms with Crippen LogP contribution >= 0.6 is 0 Å². The van der Waals surface area contributed by atoms with Crippen molar-refractivity contribution in [2.45, 2.75) is 128 Å². The third-order valence-electron chi connectivity index (χ3n) is 7.93. The second-order valence-electron chi connectivity index (χ2n) is 11.0. The fourth-order valence-electron chi connectivity index (χ4n) is 5.70. The summed E-state index contributed by atoms with van der Waals surface area (Å²) < 4.78 is 38.3. The van der Waals surface area contributed by atoms with Gasteiger partial charge in [0, 0.05) is 13.0 Å². The van der Waals surface area contributed by atoms with Crippen LogP contribution in [-0.4, -0.2) is 18.0 Å². The summed E-state index contributed by atoms with van der Waals surface area (Å²) in [6, 6.07) is 17.3. The van der Waals surface area contributed by atoms with Gasteiger partial charge in [-0.1, -0.05) is 146 Å². The first-order valence-electron chi connectivity index (χ1n) is 15.1. The molecule has 0 amide bonds. The van der Waals surface area contributed by atoms with E-state index in [0.29, 0.717) is 18.7 Å². The summed E-state index contributed by atoms with van der Waals surface area (Å²) in [7, 11) is -4.66. The van der Waals surface area contributed by atoms with Crippen LogP contribution in [0.4, 0.5) is 11.4 Å². The summed E-state index contributed by atoms with van der Waals surface area (Å²) in [5, 5.41) is 3.14. The number of unbranched alkanes of at least 4 members (excludes halogenated alkanes) is 15. The number of hydrogen-bond donors (Lipinski definition) is 1. The van der Waals surface area contributed by atoms with Gasteiger partial charge in [-0.25, -0.2) is 8.42 Å². The summed E-state index contributed by atoms with van der Waals surface area (Å²) in [4.78, 5) is 0.119. The maximum atomic E-state index is 12.8. The van der Waals surface area contributed by atoms with Crippen molar-refractivity contribution in [3.8, 4) is 0 Å². The third kappa shape index (κ3) is 11.1. The van der Waals surface area contributed by atoms with E-state index in [1.807, 2.05) is 54.6 Å². The smallest absolute Gasteiger partial charge is 0.745 e. The zero-order chi connectivity index (χ0) is 27.1. The van der Waals surface area contributed by atoms with Gasteiger partial charge in [0.25, 0.3) is 0 Å². The second-order valence-corrected chi connectivity index (χ2v) is 12.6. The van der Waals surface area contributed by atoms with Crippen LogP contribution in [0, 0.1) is 0 Å². The van der Waals surface area contributed by atoms with Gasteiger partial charge in [0.05, 0.1) is 11.4 Å². The SMILES string of the molecule is CCCCCCCCCCCCCCCCCCC1(S(=O)(=O)[O-])Nc2ccccc2N1Cc1ccccc1.[K+]. The monoisotopic (exact) mass is 580 g/mol. The maximum absolute atomic E-state index is 12.8. The minimum atomic E-state index is -4.66. The Kier molecular flexibility index (Phi) is 16.9. The Morgan fingerprint density at radius 1 is 0.692 bits per heavy atom. The molecule has 1 aliphatic rings. The van der Waals surface area contributed by atoms with Gasteiger partial charge in [-0.3, -0.25) is 0 Å². The number of fused-ring (bicyclic) bond motifs is 1. The molecule has 2 aromatic rings. The van der Waals surface area contributed by atoms with Crippen molar-refractivity contribution >= 4 is 21.5 Å². The van der Waals surface area contributed by atoms with Crippen molar-refractivity contribution in [2.24, 2.45) is 0 Å². The molecule has 1 aliphatic heterocycles. The molecule has 0 saturated carbocycles. The largest absolute Gasteiger partial charge is 1.00 e. The fraction of sp³-hybridized carbons (Fsp3) is 0.625. The molecule has 0 spiro atoms. The fourth-order valence-corrected chi connectivity index (χ4v) is 6.76. The zero-order valence-corrected chi connectivity index (χ0v) is 28.4. The minimum Gasteiger partial charge on any atom is -0.745 e. The van der Waals surface area contributed by atoms with E-state index >= 15 is 0 Å². The Labute approximate surface area is 281 Å². The van der Waals surface area contributed by atoms with E-state index in [0.717, 1.165) is 24.1 Å². The minimum absolute atomic E-state index is 0. The molecule has 0 aromatic heterocycles. The van der Waals surface area contributed by atoms with Crippen LogP contribution < -0.4 is 61.6 Å². The first kappa shape index (κ1) is 34.8. The van der Waals surface area contributed by atoms with Gasteiger partial charge in [-0.2, -0.15) is 0 Å². The molecular weight excluding hydrogens is 532 g/mol. The van der Waals surface area contributed by atoms with Crippen molar-refractivity contribution < 1.29 is 64.4 Å². The molecule has 0 bridgehead atoms. The molecule has 1 N–H and O–H groups in total. The normalized spacial score (nSPS) is 16.5. The molecule has 0 aliphatic carbocycles. The molecule has 212 valence electrons. The van der Waals surface area contributed by atoms with Crippen LogP contribution in [0.2, 0.25) is 0 Å². The summed E-state index contributed by atoms with van der Waals surface area (Å²) in [5.41, 5.74) is 2.46. The molecule has 1 atom stereocenters. The van der Waals surface area contributed by atoms with E-state index in [4.69, 9.17) is 0 Å². The standard InChI is InChI=1S/C32H50N2O3S.K/c1-2-3-4-5-6-7-8-9-10-11-12-13-14-15-16-22-27-32(38(35,36)37)33-30-25-20-21-26-31(30)34(32)28-29-23-18-17-19-24-29;/h17-21,23-26,33H,2-16,22,27-28H2,1H3,(H,35,36,37);/q;+1/p-1. The summed E-state index contributed by atoms with van der Waals surface area (Å²) in [5.74, 6) is 0. The molecule has 1 unspecified atom stereocenters. The van der Waals surface area contributed by atoms with Crippen molar-refractivity contribution in [1.29, 1.82) is 0 Å². The molecule has 0 saturated heterocycles. The van der Waals surface area contributed by atoms with Crippen LogP contribution in [0.1, 0.15) is 122 Å². The van der Waals surface area contributed by atoms with Gasteiger partial charge < -0.3 is 14.8 Å². The van der Waals surface area contributed by atoms with Crippen LogP contribution in [0.3, 0.4) is 0 Å². The number of nitrogens with one attached hydrogen (secondary N) is 1. The van der Waals surface area contributed by atoms with Gasteiger partial charge in [-0.15, -0.1) is 0 Å². The second kappa shape index (κ2) is 18.9. The average molecular weight is 581 g/mol. The number of hydrogen-bond acceptors (Lipinski definition) is 5. The Morgan fingerprint density at radius 2 is 1.15 bits per heavy atom. The molecule has 0 fully saturated rings. The first-order valence-corrected chi connectivity index (χ1v) is 16.5. The van der Waals surface area contributed by atoms with E-state index in [2.05, 4.69) is 12.2 Å². The zero-order valence-electron chi connectivity index (χ0n) is 24.5. The topological polar surface area (TPSA) is 72.5 Å². The van der Waals surface area contributed by atoms with Gasteiger partial charge >= 0.3 is 51.4 Å². The van der Waals surface area contributed by atoms with Crippen molar-refractivity contribution in [1.82, 2.24) is 0 Å². The predicted octanol–water partition coefficient (Wildman–Crippen LogP) is 5.97. The van der Waals surface area contributed by atoms with Crippen LogP contribution in [0.5, 0.6) is 0 Å². The third-order valence-corrected chi connectivity index (χ3v) is 9.28. The van der Waals surface area contributed by atoms with Crippen molar-refractivity contribution in [2.75, 3.05) is 10.2 Å². The molecular formula is C32H49KN2O3S. The maximum Gasteiger partial charge on any atom is 1.00 e. The van der Waals surface area contributed by atoms with Gasteiger partial charge in [0.1, 0.15) is 10.1 Å². The Hall–Kier alpha value is -0.414. The summed E-state index contributed by atoms with van der Waals surface area (Å²) in [6.45, 7) is 2.63. The number of benzene rings is 2. The number of nitrogens with zero attached hydrogens (tertiary/aromatic N) is 1. The number of para-hydroxylation sites is 2. The summed E-state index contributed by atoms with van der Waals surface area (Å²) in [6.07, 6.45) is 20.4. The number of anilines is 2. The van der Waals surface area contributed by atoms with Gasteiger partial charge in [-0.05, 0) is 24.1 Å². The predicted molar refractivity (Wildman–Crippen MR) is 159 cm³/mol.